The summed E-state index contributed by atoms with van der Waals surface area (Å²) in [6.45, 7) is 4.35. The number of amides is 1. The number of nitrogens with one attached hydrogen (secondary N) is 1. The van der Waals surface area contributed by atoms with Gasteiger partial charge < -0.3 is 10.2 Å². The Morgan fingerprint density at radius 2 is 2.11 bits per heavy atom. The number of hydrogen-bond acceptors (Lipinski definition) is 4. The minimum atomic E-state index is 0.284. The summed E-state index contributed by atoms with van der Waals surface area (Å²) in [6, 6.07) is 0.360. The molecule has 0 aromatic rings. The summed E-state index contributed by atoms with van der Waals surface area (Å²) in [5.41, 5.74) is 0. The van der Waals surface area contributed by atoms with Gasteiger partial charge in [0.1, 0.15) is 0 Å². The third kappa shape index (κ3) is 5.85. The number of hydrogen-bond donors (Lipinski definition) is 1. The van der Waals surface area contributed by atoms with Crippen LogP contribution < -0.4 is 5.32 Å². The summed E-state index contributed by atoms with van der Waals surface area (Å²) in [7, 11) is 1.94. The maximum atomic E-state index is 12.1. The fraction of sp³-hybridized carbons (Fsp3) is 0.923. The minimum absolute atomic E-state index is 0.284. The highest BCUT2D eigenvalue weighted by Gasteiger charge is 2.19. The fourth-order valence-electron chi connectivity index (χ4n) is 1.98. The summed E-state index contributed by atoms with van der Waals surface area (Å²) in [4.78, 5) is 14.0. The number of carbonyl (C=O) groups excluding carboxylic acids is 1. The summed E-state index contributed by atoms with van der Waals surface area (Å²) in [5, 5.41) is 4.03. The molecule has 0 bridgehead atoms. The molecule has 1 aliphatic rings. The third-order valence-electron chi connectivity index (χ3n) is 3.52. The van der Waals surface area contributed by atoms with Crippen LogP contribution in [0.15, 0.2) is 0 Å². The molecule has 1 N–H and O–H groups in total. The van der Waals surface area contributed by atoms with Crippen molar-refractivity contribution in [1.29, 1.82) is 0 Å². The van der Waals surface area contributed by atoms with Gasteiger partial charge in [-0.3, -0.25) is 4.79 Å². The van der Waals surface area contributed by atoms with E-state index < -0.39 is 0 Å². The normalized spacial score (nSPS) is 18.6. The molecule has 1 unspecified atom stereocenters. The van der Waals surface area contributed by atoms with E-state index in [1.807, 2.05) is 35.5 Å². The van der Waals surface area contributed by atoms with E-state index in [0.29, 0.717) is 17.0 Å². The third-order valence-corrected chi connectivity index (χ3v) is 5.52. The molecule has 1 atom stereocenters. The largest absolute Gasteiger partial charge is 0.342 e. The molecular formula is C13H26N2OS2. The standard InChI is InChI=1S/C13H26N2OS2/c1-11(6-9-17-3)15(2)13(16)10-18-12-4-7-14-8-5-12/h11-12,14H,4-10H2,1-3H3. The van der Waals surface area contributed by atoms with Gasteiger partial charge in [0.2, 0.25) is 5.91 Å². The summed E-state index contributed by atoms with van der Waals surface area (Å²) in [6.07, 6.45) is 5.59. The number of rotatable bonds is 7. The van der Waals surface area contributed by atoms with Crippen LogP contribution in [0.2, 0.25) is 0 Å². The number of nitrogens with zero attached hydrogens (tertiary/aromatic N) is 1. The van der Waals surface area contributed by atoms with Crippen LogP contribution in [0.5, 0.6) is 0 Å². The lowest BCUT2D eigenvalue weighted by Crippen LogP contribution is -2.37. The van der Waals surface area contributed by atoms with Crippen LogP contribution in [-0.2, 0) is 4.79 Å². The first-order chi connectivity index (χ1) is 8.65. The van der Waals surface area contributed by atoms with Crippen molar-refractivity contribution in [3.63, 3.8) is 0 Å². The van der Waals surface area contributed by atoms with Crippen LogP contribution >= 0.6 is 23.5 Å². The Bertz CT molecular complexity index is 245. The molecule has 1 amide bonds. The molecule has 1 rings (SSSR count). The second-order valence-electron chi connectivity index (χ2n) is 4.90. The highest BCUT2D eigenvalue weighted by Crippen LogP contribution is 2.20. The van der Waals surface area contributed by atoms with Crippen molar-refractivity contribution in [2.45, 2.75) is 37.5 Å². The monoisotopic (exact) mass is 290 g/mol. The molecule has 0 radical (unpaired) electrons. The molecule has 18 heavy (non-hydrogen) atoms. The lowest BCUT2D eigenvalue weighted by atomic mass is 10.2. The second-order valence-corrected chi connectivity index (χ2v) is 7.17. The molecule has 0 aromatic carbocycles. The zero-order valence-electron chi connectivity index (χ0n) is 11.8. The molecule has 0 aromatic heterocycles. The van der Waals surface area contributed by atoms with Gasteiger partial charge in [0.15, 0.2) is 0 Å². The summed E-state index contributed by atoms with van der Waals surface area (Å²) < 4.78 is 0. The molecule has 106 valence electrons. The molecular weight excluding hydrogens is 264 g/mol. The molecule has 1 saturated heterocycles. The Hall–Kier alpha value is 0.130. The maximum absolute atomic E-state index is 12.1. The quantitative estimate of drug-likeness (QED) is 0.778. The van der Waals surface area contributed by atoms with Gasteiger partial charge in [-0.25, -0.2) is 0 Å². The van der Waals surface area contributed by atoms with E-state index >= 15 is 0 Å². The van der Waals surface area contributed by atoms with Gasteiger partial charge in [0, 0.05) is 18.3 Å². The van der Waals surface area contributed by atoms with E-state index in [0.717, 1.165) is 25.3 Å². The Labute approximate surface area is 120 Å². The van der Waals surface area contributed by atoms with Crippen LogP contribution in [0, 0.1) is 0 Å². The van der Waals surface area contributed by atoms with E-state index in [-0.39, 0.29) is 5.91 Å². The van der Waals surface area contributed by atoms with Crippen molar-refractivity contribution in [3.8, 4) is 0 Å². The fourth-order valence-corrected chi connectivity index (χ4v) is 3.71. The smallest absolute Gasteiger partial charge is 0.232 e. The number of carbonyl (C=O) groups is 1. The van der Waals surface area contributed by atoms with Crippen molar-refractivity contribution < 1.29 is 4.79 Å². The van der Waals surface area contributed by atoms with Gasteiger partial charge in [-0.05, 0) is 51.3 Å². The first-order valence-electron chi connectivity index (χ1n) is 6.72. The van der Waals surface area contributed by atoms with Gasteiger partial charge in [0.05, 0.1) is 5.75 Å². The Balaban J connectivity index is 2.21. The zero-order chi connectivity index (χ0) is 13.4. The zero-order valence-corrected chi connectivity index (χ0v) is 13.4. The van der Waals surface area contributed by atoms with E-state index in [9.17, 15) is 4.79 Å². The summed E-state index contributed by atoms with van der Waals surface area (Å²) in [5.74, 6) is 2.05. The van der Waals surface area contributed by atoms with Crippen molar-refractivity contribution in [2.75, 3.05) is 37.9 Å². The molecule has 1 fully saturated rings. The predicted molar refractivity (Wildman–Crippen MR) is 83.6 cm³/mol. The van der Waals surface area contributed by atoms with E-state index in [1.54, 1.807) is 0 Å². The van der Waals surface area contributed by atoms with E-state index in [2.05, 4.69) is 18.5 Å². The first kappa shape index (κ1) is 16.2. The average Bonchev–Trinajstić information content (AvgIpc) is 2.42. The highest BCUT2D eigenvalue weighted by molar-refractivity contribution is 8.00. The molecule has 0 spiro atoms. The number of piperidine rings is 1. The van der Waals surface area contributed by atoms with Crippen molar-refractivity contribution in [1.82, 2.24) is 10.2 Å². The topological polar surface area (TPSA) is 32.3 Å². The van der Waals surface area contributed by atoms with Crippen molar-refractivity contribution in [3.05, 3.63) is 0 Å². The van der Waals surface area contributed by atoms with E-state index in [4.69, 9.17) is 0 Å². The molecule has 0 saturated carbocycles. The first-order valence-corrected chi connectivity index (χ1v) is 9.16. The van der Waals surface area contributed by atoms with Gasteiger partial charge in [0.25, 0.3) is 0 Å². The van der Waals surface area contributed by atoms with E-state index in [1.165, 1.54) is 12.8 Å². The predicted octanol–water partition coefficient (Wildman–Crippen LogP) is 2.07. The minimum Gasteiger partial charge on any atom is -0.342 e. The molecule has 3 nitrogen and oxygen atoms in total. The number of thioether (sulfide) groups is 2. The lowest BCUT2D eigenvalue weighted by Gasteiger charge is -2.26. The molecule has 1 aliphatic heterocycles. The van der Waals surface area contributed by atoms with Crippen LogP contribution in [0.4, 0.5) is 0 Å². The van der Waals surface area contributed by atoms with Gasteiger partial charge in [-0.1, -0.05) is 0 Å². The van der Waals surface area contributed by atoms with Crippen LogP contribution in [0.3, 0.4) is 0 Å². The Morgan fingerprint density at radius 3 is 2.72 bits per heavy atom. The van der Waals surface area contributed by atoms with Gasteiger partial charge >= 0.3 is 0 Å². The van der Waals surface area contributed by atoms with Gasteiger partial charge in [-0.2, -0.15) is 11.8 Å². The maximum Gasteiger partial charge on any atom is 0.232 e. The van der Waals surface area contributed by atoms with Crippen molar-refractivity contribution >= 4 is 29.4 Å². The molecule has 0 aliphatic carbocycles. The Morgan fingerprint density at radius 1 is 1.44 bits per heavy atom. The SMILES string of the molecule is CSCCC(C)N(C)C(=O)CSC1CCNCC1. The van der Waals surface area contributed by atoms with Crippen LogP contribution in [-0.4, -0.2) is 60.0 Å². The molecule has 5 heteroatoms. The Kier molecular flexibility index (Phi) is 8.18. The van der Waals surface area contributed by atoms with Gasteiger partial charge in [-0.15, -0.1) is 11.8 Å². The molecule has 1 heterocycles. The summed E-state index contributed by atoms with van der Waals surface area (Å²) >= 11 is 3.68. The highest BCUT2D eigenvalue weighted by atomic mass is 32.2. The van der Waals surface area contributed by atoms with Crippen LogP contribution in [0.1, 0.15) is 26.2 Å². The van der Waals surface area contributed by atoms with Crippen molar-refractivity contribution in [2.24, 2.45) is 0 Å². The average molecular weight is 290 g/mol. The van der Waals surface area contributed by atoms with Crippen LogP contribution in [0.25, 0.3) is 0 Å². The second kappa shape index (κ2) is 9.10. The lowest BCUT2D eigenvalue weighted by molar-refractivity contribution is -0.128.